The number of ether oxygens (including phenoxy) is 3. The van der Waals surface area contributed by atoms with Crippen LogP contribution in [0.5, 0.6) is 0 Å². The Balaban J connectivity index is 4.35. The maximum Gasteiger partial charge on any atom is 0.509 e. The molecule has 0 fully saturated rings. The molecule has 5 nitrogen and oxygen atoms in total. The minimum absolute atomic E-state index is 0.112. The van der Waals surface area contributed by atoms with Crippen molar-refractivity contribution in [3.63, 3.8) is 0 Å². The summed E-state index contributed by atoms with van der Waals surface area (Å²) >= 11 is 0. The van der Waals surface area contributed by atoms with Crippen molar-refractivity contribution in [3.05, 3.63) is 12.7 Å². The zero-order valence-electron chi connectivity index (χ0n) is 13.3. The lowest BCUT2D eigenvalue weighted by atomic mass is 10.1. The van der Waals surface area contributed by atoms with Gasteiger partial charge in [-0.2, -0.15) is 26.3 Å². The number of carbonyl (C=O) groups is 2. The summed E-state index contributed by atoms with van der Waals surface area (Å²) in [5.41, 5.74) is 0. The van der Waals surface area contributed by atoms with Crippen LogP contribution in [0.1, 0.15) is 32.6 Å². The third-order valence-electron chi connectivity index (χ3n) is 2.76. The Morgan fingerprint density at radius 3 is 2.00 bits per heavy atom. The number of rotatable bonds is 9. The molecule has 0 unspecified atom stereocenters. The molecule has 0 aromatic heterocycles. The van der Waals surface area contributed by atoms with Crippen molar-refractivity contribution in [1.82, 2.24) is 0 Å². The predicted molar refractivity (Wildman–Crippen MR) is 72.6 cm³/mol. The van der Waals surface area contributed by atoms with Crippen molar-refractivity contribution in [2.24, 2.45) is 0 Å². The summed E-state index contributed by atoms with van der Waals surface area (Å²) in [5.74, 6) is -0.445. The summed E-state index contributed by atoms with van der Waals surface area (Å²) in [4.78, 5) is 21.7. The second kappa shape index (κ2) is 10.1. The minimum Gasteiger partial charge on any atom is -0.466 e. The molecule has 0 heterocycles. The Labute approximate surface area is 139 Å². The summed E-state index contributed by atoms with van der Waals surface area (Å²) in [6.45, 7) is 4.70. The molecular weight excluding hydrogens is 362 g/mol. The molecule has 0 aromatic rings. The fraction of sp³-hybridized carbons (Fsp3) is 0.714. The highest BCUT2D eigenvalue weighted by molar-refractivity contribution is 5.65. The predicted octanol–water partition coefficient (Wildman–Crippen LogP) is 4.31. The zero-order valence-corrected chi connectivity index (χ0v) is 13.3. The molecular formula is C14H18F6O5. The van der Waals surface area contributed by atoms with Crippen LogP contribution in [-0.2, 0) is 19.0 Å². The topological polar surface area (TPSA) is 61.8 Å². The first kappa shape index (κ1) is 23.1. The van der Waals surface area contributed by atoms with Gasteiger partial charge in [0, 0.05) is 6.92 Å². The molecule has 11 heteroatoms. The van der Waals surface area contributed by atoms with E-state index in [4.69, 9.17) is 0 Å². The average molecular weight is 380 g/mol. The smallest absolute Gasteiger partial charge is 0.466 e. The first-order valence-corrected chi connectivity index (χ1v) is 7.14. The van der Waals surface area contributed by atoms with E-state index >= 15 is 0 Å². The van der Waals surface area contributed by atoms with E-state index < -0.39 is 36.7 Å². The van der Waals surface area contributed by atoms with Crippen molar-refractivity contribution >= 4 is 12.1 Å². The van der Waals surface area contributed by atoms with E-state index in [9.17, 15) is 35.9 Å². The van der Waals surface area contributed by atoms with E-state index in [1.807, 2.05) is 0 Å². The lowest BCUT2D eigenvalue weighted by molar-refractivity contribution is -0.310. The van der Waals surface area contributed by atoms with Crippen molar-refractivity contribution in [1.29, 1.82) is 0 Å². The summed E-state index contributed by atoms with van der Waals surface area (Å²) in [6, 6.07) is 0. The van der Waals surface area contributed by atoms with Gasteiger partial charge in [-0.25, -0.2) is 4.79 Å². The van der Waals surface area contributed by atoms with Crippen molar-refractivity contribution in [2.45, 2.75) is 57.2 Å². The second-order valence-corrected chi connectivity index (χ2v) is 4.91. The van der Waals surface area contributed by atoms with Crippen LogP contribution in [0.15, 0.2) is 12.7 Å². The molecule has 0 radical (unpaired) electrons. The standard InChI is InChI=1S/C14H18F6O5/c1-3-10(7-5-4-6-8-23-9(2)21)24-12(22)25-11(13(15,16)17)14(18,19)20/h3,10-11H,1,4-8H2,2H3/t10-/m1/s1. The van der Waals surface area contributed by atoms with Crippen LogP contribution in [0.25, 0.3) is 0 Å². The highest BCUT2D eigenvalue weighted by Gasteiger charge is 2.60. The van der Waals surface area contributed by atoms with Crippen LogP contribution >= 0.6 is 0 Å². The van der Waals surface area contributed by atoms with Gasteiger partial charge in [0.05, 0.1) is 6.61 Å². The molecule has 0 aliphatic carbocycles. The summed E-state index contributed by atoms with van der Waals surface area (Å²) in [6.07, 6.45) is -16.5. The number of alkyl halides is 6. The van der Waals surface area contributed by atoms with Crippen molar-refractivity contribution in [3.8, 4) is 0 Å². The average Bonchev–Trinajstić information content (AvgIpc) is 2.44. The SMILES string of the molecule is C=C[C@H](CCCCCOC(C)=O)OC(=O)OC(C(F)(F)F)C(F)(F)F. The lowest BCUT2D eigenvalue weighted by Gasteiger charge is -2.23. The van der Waals surface area contributed by atoms with E-state index in [2.05, 4.69) is 20.8 Å². The zero-order chi connectivity index (χ0) is 19.7. The van der Waals surface area contributed by atoms with Crippen molar-refractivity contribution in [2.75, 3.05) is 6.61 Å². The normalized spacial score (nSPS) is 13.3. The van der Waals surface area contributed by atoms with E-state index in [0.29, 0.717) is 19.3 Å². The number of hydrogen-bond donors (Lipinski definition) is 0. The maximum absolute atomic E-state index is 12.3. The first-order chi connectivity index (χ1) is 11.4. The molecule has 0 aromatic carbocycles. The molecule has 146 valence electrons. The molecule has 0 spiro atoms. The van der Waals surface area contributed by atoms with Gasteiger partial charge < -0.3 is 14.2 Å². The van der Waals surface area contributed by atoms with Gasteiger partial charge >= 0.3 is 24.5 Å². The molecule has 0 saturated carbocycles. The molecule has 1 atom stereocenters. The molecule has 0 aliphatic heterocycles. The maximum atomic E-state index is 12.3. The number of hydrogen-bond acceptors (Lipinski definition) is 5. The van der Waals surface area contributed by atoms with E-state index in [1.54, 1.807) is 0 Å². The molecule has 25 heavy (non-hydrogen) atoms. The molecule has 0 bridgehead atoms. The summed E-state index contributed by atoms with van der Waals surface area (Å²) in [5, 5.41) is 0. The number of unbranched alkanes of at least 4 members (excludes halogenated alkanes) is 2. The van der Waals surface area contributed by atoms with Crippen LogP contribution in [0.3, 0.4) is 0 Å². The number of halogens is 6. The summed E-state index contributed by atoms with van der Waals surface area (Å²) < 4.78 is 86.0. The van der Waals surface area contributed by atoms with E-state index in [-0.39, 0.29) is 13.0 Å². The highest BCUT2D eigenvalue weighted by atomic mass is 19.4. The van der Waals surface area contributed by atoms with Crippen LogP contribution in [0.4, 0.5) is 31.1 Å². The van der Waals surface area contributed by atoms with Gasteiger partial charge in [-0.05, 0) is 25.7 Å². The van der Waals surface area contributed by atoms with Crippen LogP contribution in [-0.4, -0.2) is 43.3 Å². The Hall–Kier alpha value is -1.94. The van der Waals surface area contributed by atoms with Gasteiger partial charge in [0.15, 0.2) is 0 Å². The summed E-state index contributed by atoms with van der Waals surface area (Å²) in [7, 11) is 0. The van der Waals surface area contributed by atoms with E-state index in [1.165, 1.54) is 6.92 Å². The largest absolute Gasteiger partial charge is 0.509 e. The third kappa shape index (κ3) is 10.5. The van der Waals surface area contributed by atoms with Gasteiger partial charge in [-0.15, -0.1) is 0 Å². The Bertz CT molecular complexity index is 432. The fourth-order valence-electron chi connectivity index (χ4n) is 1.63. The molecule has 0 saturated heterocycles. The Morgan fingerprint density at radius 1 is 1.00 bits per heavy atom. The first-order valence-electron chi connectivity index (χ1n) is 7.14. The van der Waals surface area contributed by atoms with Gasteiger partial charge in [0.2, 0.25) is 0 Å². The number of esters is 1. The lowest BCUT2D eigenvalue weighted by Crippen LogP contribution is -2.46. The van der Waals surface area contributed by atoms with Gasteiger partial charge in [-0.1, -0.05) is 12.7 Å². The molecule has 0 rings (SSSR count). The van der Waals surface area contributed by atoms with Gasteiger partial charge in [0.1, 0.15) is 6.10 Å². The van der Waals surface area contributed by atoms with Gasteiger partial charge in [0.25, 0.3) is 6.10 Å². The number of carbonyl (C=O) groups excluding carboxylic acids is 2. The third-order valence-corrected chi connectivity index (χ3v) is 2.76. The molecule has 0 N–H and O–H groups in total. The molecule has 0 amide bonds. The second-order valence-electron chi connectivity index (χ2n) is 4.91. The minimum atomic E-state index is -5.81. The highest BCUT2D eigenvalue weighted by Crippen LogP contribution is 2.36. The Kier molecular flexibility index (Phi) is 9.35. The van der Waals surface area contributed by atoms with Crippen LogP contribution in [0.2, 0.25) is 0 Å². The fourth-order valence-corrected chi connectivity index (χ4v) is 1.63. The van der Waals surface area contributed by atoms with Gasteiger partial charge in [-0.3, -0.25) is 4.79 Å². The quantitative estimate of drug-likeness (QED) is 0.258. The van der Waals surface area contributed by atoms with Crippen LogP contribution in [0, 0.1) is 0 Å². The molecule has 0 aliphatic rings. The van der Waals surface area contributed by atoms with E-state index in [0.717, 1.165) is 6.08 Å². The Morgan fingerprint density at radius 2 is 1.56 bits per heavy atom. The monoisotopic (exact) mass is 380 g/mol. The van der Waals surface area contributed by atoms with Crippen molar-refractivity contribution < 1.29 is 50.1 Å². The van der Waals surface area contributed by atoms with Crippen LogP contribution < -0.4 is 0 Å².